The van der Waals surface area contributed by atoms with Gasteiger partial charge in [-0.1, -0.05) is 26.7 Å². The quantitative estimate of drug-likeness (QED) is 0.520. The molecule has 0 aromatic heterocycles. The SMILES string of the molecule is CCCCN(CCCC)COC[O]. The van der Waals surface area contributed by atoms with Crippen molar-refractivity contribution in [2.45, 2.75) is 39.5 Å². The van der Waals surface area contributed by atoms with E-state index in [0.29, 0.717) is 6.73 Å². The van der Waals surface area contributed by atoms with Crippen LogP contribution in [0.4, 0.5) is 0 Å². The van der Waals surface area contributed by atoms with Crippen molar-refractivity contribution in [2.24, 2.45) is 0 Å². The fraction of sp³-hybridized carbons (Fsp3) is 1.00. The van der Waals surface area contributed by atoms with Gasteiger partial charge in [-0.3, -0.25) is 4.90 Å². The number of rotatable bonds is 9. The first-order valence-electron chi connectivity index (χ1n) is 5.23. The molecule has 0 aliphatic rings. The summed E-state index contributed by atoms with van der Waals surface area (Å²) in [6.45, 7) is 6.53. The van der Waals surface area contributed by atoms with Crippen LogP contribution in [0.2, 0.25) is 0 Å². The third-order valence-corrected chi connectivity index (χ3v) is 2.01. The van der Waals surface area contributed by atoms with Crippen molar-refractivity contribution in [1.82, 2.24) is 4.90 Å². The molecule has 0 unspecified atom stereocenters. The molecular weight excluding hydrogens is 166 g/mol. The molecule has 1 radical (unpaired) electrons. The van der Waals surface area contributed by atoms with Crippen molar-refractivity contribution in [1.29, 1.82) is 0 Å². The fourth-order valence-electron chi connectivity index (χ4n) is 1.17. The Bertz CT molecular complexity index is 79.9. The molecule has 0 atom stereocenters. The summed E-state index contributed by atoms with van der Waals surface area (Å²) in [5.74, 6) is 0. The average Bonchev–Trinajstić information content (AvgIpc) is 2.17. The predicted octanol–water partition coefficient (Wildman–Crippen LogP) is 2.25. The van der Waals surface area contributed by atoms with Crippen molar-refractivity contribution in [3.8, 4) is 0 Å². The van der Waals surface area contributed by atoms with Crippen molar-refractivity contribution in [2.75, 3.05) is 26.6 Å². The topological polar surface area (TPSA) is 32.4 Å². The van der Waals surface area contributed by atoms with Gasteiger partial charge in [-0.25, -0.2) is 5.11 Å². The zero-order valence-corrected chi connectivity index (χ0v) is 8.92. The molecule has 0 saturated heterocycles. The van der Waals surface area contributed by atoms with Crippen LogP contribution in [0.15, 0.2) is 0 Å². The molecule has 0 aromatic rings. The lowest BCUT2D eigenvalue weighted by atomic mass is 10.3. The summed E-state index contributed by atoms with van der Waals surface area (Å²) in [4.78, 5) is 2.21. The highest BCUT2D eigenvalue weighted by atomic mass is 16.6. The summed E-state index contributed by atoms with van der Waals surface area (Å²) >= 11 is 0. The van der Waals surface area contributed by atoms with E-state index < -0.39 is 6.79 Å². The Morgan fingerprint density at radius 3 is 2.00 bits per heavy atom. The average molecular weight is 188 g/mol. The summed E-state index contributed by atoms with van der Waals surface area (Å²) in [6, 6.07) is 0. The first-order chi connectivity index (χ1) is 6.35. The molecule has 0 rings (SSSR count). The van der Waals surface area contributed by atoms with Gasteiger partial charge in [0, 0.05) is 13.1 Å². The molecular formula is C10H22NO2. The molecule has 79 valence electrons. The zero-order valence-electron chi connectivity index (χ0n) is 8.92. The van der Waals surface area contributed by atoms with Crippen molar-refractivity contribution in [3.63, 3.8) is 0 Å². The van der Waals surface area contributed by atoms with Gasteiger partial charge in [-0.15, -0.1) is 0 Å². The Morgan fingerprint density at radius 2 is 1.62 bits per heavy atom. The summed E-state index contributed by atoms with van der Waals surface area (Å²) in [7, 11) is 0. The first-order valence-corrected chi connectivity index (χ1v) is 5.23. The first kappa shape index (κ1) is 12.9. The third kappa shape index (κ3) is 8.22. The minimum absolute atomic E-state index is 0.422. The number of hydrogen-bond donors (Lipinski definition) is 0. The summed E-state index contributed by atoms with van der Waals surface area (Å²) in [6.07, 6.45) is 4.76. The van der Waals surface area contributed by atoms with E-state index in [2.05, 4.69) is 18.7 Å². The standard InChI is InChI=1S/C10H22NO2/c1-3-5-7-11(8-6-4-2)9-13-10-12/h3-10H2,1-2H3. The van der Waals surface area contributed by atoms with Crippen LogP contribution >= 0.6 is 0 Å². The minimum atomic E-state index is -0.422. The highest BCUT2D eigenvalue weighted by Gasteiger charge is 2.02. The second-order valence-electron chi connectivity index (χ2n) is 3.28. The van der Waals surface area contributed by atoms with E-state index in [1.807, 2.05) is 0 Å². The van der Waals surface area contributed by atoms with Crippen LogP contribution in [0.3, 0.4) is 0 Å². The molecule has 0 amide bonds. The summed E-state index contributed by atoms with van der Waals surface area (Å²) in [5, 5.41) is 10.1. The Labute approximate surface area is 81.7 Å². The lowest BCUT2D eigenvalue weighted by Crippen LogP contribution is -2.28. The zero-order chi connectivity index (χ0) is 9.94. The van der Waals surface area contributed by atoms with Gasteiger partial charge < -0.3 is 4.74 Å². The van der Waals surface area contributed by atoms with Crippen LogP contribution < -0.4 is 0 Å². The van der Waals surface area contributed by atoms with Gasteiger partial charge >= 0.3 is 0 Å². The van der Waals surface area contributed by atoms with Crippen molar-refractivity contribution >= 4 is 0 Å². The molecule has 13 heavy (non-hydrogen) atoms. The normalized spacial score (nSPS) is 11.1. The monoisotopic (exact) mass is 188 g/mol. The molecule has 0 N–H and O–H groups in total. The molecule has 0 aliphatic heterocycles. The van der Waals surface area contributed by atoms with E-state index in [9.17, 15) is 5.11 Å². The largest absolute Gasteiger partial charge is 0.337 e. The Kier molecular flexibility index (Phi) is 9.87. The molecule has 0 aromatic carbocycles. The Morgan fingerprint density at radius 1 is 1.08 bits per heavy atom. The smallest absolute Gasteiger partial charge is 0.182 e. The third-order valence-electron chi connectivity index (χ3n) is 2.01. The molecule has 3 heteroatoms. The van der Waals surface area contributed by atoms with E-state index >= 15 is 0 Å². The summed E-state index contributed by atoms with van der Waals surface area (Å²) in [5.41, 5.74) is 0. The molecule has 0 fully saturated rings. The predicted molar refractivity (Wildman–Crippen MR) is 52.9 cm³/mol. The van der Waals surface area contributed by atoms with Crippen LogP contribution in [0, 0.1) is 0 Å². The molecule has 3 nitrogen and oxygen atoms in total. The van der Waals surface area contributed by atoms with E-state index in [1.165, 1.54) is 25.7 Å². The van der Waals surface area contributed by atoms with Gasteiger partial charge in [-0.05, 0) is 12.8 Å². The van der Waals surface area contributed by atoms with Gasteiger partial charge in [0.2, 0.25) is 0 Å². The highest BCUT2D eigenvalue weighted by molar-refractivity contribution is 4.52. The molecule has 0 aliphatic carbocycles. The van der Waals surface area contributed by atoms with Crippen LogP contribution in [0.25, 0.3) is 0 Å². The Balaban J connectivity index is 3.47. The molecule has 0 bridgehead atoms. The molecule has 0 spiro atoms. The van der Waals surface area contributed by atoms with Crippen LogP contribution in [0.5, 0.6) is 0 Å². The van der Waals surface area contributed by atoms with E-state index in [-0.39, 0.29) is 0 Å². The van der Waals surface area contributed by atoms with Crippen LogP contribution in [0.1, 0.15) is 39.5 Å². The van der Waals surface area contributed by atoms with E-state index in [1.54, 1.807) is 0 Å². The maximum absolute atomic E-state index is 10.1. The second kappa shape index (κ2) is 9.96. The lowest BCUT2D eigenvalue weighted by molar-refractivity contribution is -0.0847. The number of hydrogen-bond acceptors (Lipinski definition) is 2. The Hall–Kier alpha value is -0.120. The van der Waals surface area contributed by atoms with Gasteiger partial charge in [0.1, 0.15) is 6.73 Å². The molecule has 0 heterocycles. The van der Waals surface area contributed by atoms with Crippen LogP contribution in [-0.2, 0) is 9.84 Å². The van der Waals surface area contributed by atoms with Gasteiger partial charge in [0.05, 0.1) is 0 Å². The van der Waals surface area contributed by atoms with Crippen LogP contribution in [-0.4, -0.2) is 31.5 Å². The van der Waals surface area contributed by atoms with Gasteiger partial charge in [0.15, 0.2) is 6.79 Å². The maximum atomic E-state index is 10.1. The molecule has 0 saturated carbocycles. The van der Waals surface area contributed by atoms with Crippen molar-refractivity contribution in [3.05, 3.63) is 0 Å². The number of ether oxygens (including phenoxy) is 1. The number of nitrogens with zero attached hydrogens (tertiary/aromatic N) is 1. The van der Waals surface area contributed by atoms with E-state index in [4.69, 9.17) is 4.74 Å². The van der Waals surface area contributed by atoms with Gasteiger partial charge in [-0.2, -0.15) is 0 Å². The minimum Gasteiger partial charge on any atom is -0.337 e. The van der Waals surface area contributed by atoms with Crippen molar-refractivity contribution < 1.29 is 9.84 Å². The lowest BCUT2D eigenvalue weighted by Gasteiger charge is -2.20. The van der Waals surface area contributed by atoms with Gasteiger partial charge in [0.25, 0.3) is 0 Å². The number of unbranched alkanes of at least 4 members (excludes halogenated alkanes) is 2. The fourth-order valence-corrected chi connectivity index (χ4v) is 1.17. The second-order valence-corrected chi connectivity index (χ2v) is 3.28. The highest BCUT2D eigenvalue weighted by Crippen LogP contribution is 1.98. The summed E-state index contributed by atoms with van der Waals surface area (Å²) < 4.78 is 4.86. The maximum Gasteiger partial charge on any atom is 0.182 e. The van der Waals surface area contributed by atoms with E-state index in [0.717, 1.165) is 13.1 Å².